The molecule has 4 heterocycles. The maximum Gasteiger partial charge on any atom is 0.275 e. The first kappa shape index (κ1) is 20.5. The molecule has 158 valence electrons. The van der Waals surface area contributed by atoms with Crippen molar-refractivity contribution in [2.24, 2.45) is 0 Å². The van der Waals surface area contributed by atoms with E-state index in [1.54, 1.807) is 17.4 Å². The summed E-state index contributed by atoms with van der Waals surface area (Å²) in [5.41, 5.74) is 1.25. The minimum Gasteiger partial charge on any atom is -0.336 e. The Kier molecular flexibility index (Phi) is 5.70. The van der Waals surface area contributed by atoms with E-state index in [0.29, 0.717) is 30.2 Å². The number of halogens is 1. The number of amides is 1. The predicted octanol–water partition coefficient (Wildman–Crippen LogP) is 3.60. The van der Waals surface area contributed by atoms with Crippen LogP contribution in [0.5, 0.6) is 0 Å². The van der Waals surface area contributed by atoms with Crippen molar-refractivity contribution in [2.45, 2.75) is 6.54 Å². The van der Waals surface area contributed by atoms with E-state index in [9.17, 15) is 9.59 Å². The van der Waals surface area contributed by atoms with Gasteiger partial charge in [0.05, 0.1) is 16.1 Å². The van der Waals surface area contributed by atoms with E-state index in [1.165, 1.54) is 15.9 Å². The highest BCUT2D eigenvalue weighted by Crippen LogP contribution is 2.28. The molecule has 7 nitrogen and oxygen atoms in total. The zero-order chi connectivity index (χ0) is 21.4. The van der Waals surface area contributed by atoms with Crippen LogP contribution >= 0.6 is 38.6 Å². The number of thiophene rings is 1. The summed E-state index contributed by atoms with van der Waals surface area (Å²) in [6.07, 6.45) is 0. The minimum atomic E-state index is -0.165. The van der Waals surface area contributed by atoms with E-state index >= 15 is 0 Å². The highest BCUT2D eigenvalue weighted by molar-refractivity contribution is 9.10. The Hall–Kier alpha value is -2.40. The van der Waals surface area contributed by atoms with Crippen LogP contribution in [-0.4, -0.2) is 56.5 Å². The van der Waals surface area contributed by atoms with Gasteiger partial charge >= 0.3 is 0 Å². The van der Waals surface area contributed by atoms with Crippen LogP contribution in [0.25, 0.3) is 14.8 Å². The lowest BCUT2D eigenvalue weighted by Gasteiger charge is -2.34. The van der Waals surface area contributed by atoms with Crippen molar-refractivity contribution in [2.75, 3.05) is 26.2 Å². The number of fused-ring (bicyclic) bond motifs is 1. The summed E-state index contributed by atoms with van der Waals surface area (Å²) in [4.78, 5) is 35.7. The summed E-state index contributed by atoms with van der Waals surface area (Å²) in [6.45, 7) is 3.34. The molecular weight excluding hydrogens is 498 g/mol. The second kappa shape index (κ2) is 8.62. The molecule has 0 N–H and O–H groups in total. The van der Waals surface area contributed by atoms with E-state index in [0.717, 1.165) is 33.1 Å². The van der Waals surface area contributed by atoms with Crippen molar-refractivity contribution >= 4 is 49.5 Å². The minimum absolute atomic E-state index is 0.0377. The zero-order valence-electron chi connectivity index (χ0n) is 16.4. The average molecular weight is 516 g/mol. The second-order valence-corrected chi connectivity index (χ2v) is 9.97. The standard InChI is InChI=1S/C21H18BrN5O2S2/c22-16-5-2-1-4-15(16)20(29)26-9-7-25(8-10-26)13-14-12-18(28)27-21(23-14)31-19(24-27)17-6-3-11-30-17/h1-6,11-12H,7-10,13H2. The van der Waals surface area contributed by atoms with Crippen molar-refractivity contribution in [1.29, 1.82) is 0 Å². The van der Waals surface area contributed by atoms with Crippen LogP contribution in [0.3, 0.4) is 0 Å². The molecule has 10 heteroatoms. The third kappa shape index (κ3) is 4.20. The predicted molar refractivity (Wildman–Crippen MR) is 126 cm³/mol. The van der Waals surface area contributed by atoms with E-state index in [-0.39, 0.29) is 11.5 Å². The molecule has 0 radical (unpaired) electrons. The lowest BCUT2D eigenvalue weighted by Crippen LogP contribution is -2.48. The van der Waals surface area contributed by atoms with Crippen LogP contribution in [0.4, 0.5) is 0 Å². The Morgan fingerprint density at radius 1 is 1.10 bits per heavy atom. The third-order valence-electron chi connectivity index (χ3n) is 5.18. The van der Waals surface area contributed by atoms with Crippen molar-refractivity contribution in [3.8, 4) is 9.88 Å². The molecule has 0 saturated carbocycles. The van der Waals surface area contributed by atoms with Crippen LogP contribution in [0, 0.1) is 0 Å². The lowest BCUT2D eigenvalue weighted by molar-refractivity contribution is 0.0626. The molecule has 0 spiro atoms. The van der Waals surface area contributed by atoms with Gasteiger partial charge in [-0.25, -0.2) is 4.98 Å². The van der Waals surface area contributed by atoms with Crippen molar-refractivity contribution in [3.63, 3.8) is 0 Å². The first-order chi connectivity index (χ1) is 15.1. The Bertz CT molecular complexity index is 1290. The molecule has 0 bridgehead atoms. The smallest absolute Gasteiger partial charge is 0.275 e. The number of hydrogen-bond donors (Lipinski definition) is 0. The number of rotatable bonds is 4. The molecule has 1 amide bonds. The molecule has 1 aliphatic rings. The summed E-state index contributed by atoms with van der Waals surface area (Å²) in [5, 5.41) is 7.21. The van der Waals surface area contributed by atoms with Gasteiger partial charge in [-0.05, 0) is 39.5 Å². The van der Waals surface area contributed by atoms with Gasteiger partial charge in [-0.2, -0.15) is 9.61 Å². The molecule has 0 unspecified atom stereocenters. The van der Waals surface area contributed by atoms with E-state index < -0.39 is 0 Å². The SMILES string of the molecule is O=C(c1ccccc1Br)N1CCN(Cc2cc(=O)n3nc(-c4cccs4)sc3n2)CC1. The first-order valence-electron chi connectivity index (χ1n) is 9.78. The van der Waals surface area contributed by atoms with Gasteiger partial charge in [0, 0.05) is 43.3 Å². The Morgan fingerprint density at radius 3 is 2.65 bits per heavy atom. The fourth-order valence-electron chi connectivity index (χ4n) is 3.58. The fourth-order valence-corrected chi connectivity index (χ4v) is 5.75. The Labute approximate surface area is 194 Å². The van der Waals surface area contributed by atoms with Gasteiger partial charge in [0.25, 0.3) is 11.5 Å². The molecule has 1 fully saturated rings. The van der Waals surface area contributed by atoms with Gasteiger partial charge in [0.2, 0.25) is 4.96 Å². The van der Waals surface area contributed by atoms with Crippen LogP contribution < -0.4 is 5.56 Å². The average Bonchev–Trinajstić information content (AvgIpc) is 3.44. The molecule has 1 aromatic carbocycles. The molecule has 3 aromatic heterocycles. The Morgan fingerprint density at radius 2 is 1.90 bits per heavy atom. The summed E-state index contributed by atoms with van der Waals surface area (Å²) >= 11 is 6.48. The van der Waals surface area contributed by atoms with Crippen molar-refractivity contribution < 1.29 is 4.79 Å². The van der Waals surface area contributed by atoms with Gasteiger partial charge in [-0.1, -0.05) is 29.5 Å². The summed E-state index contributed by atoms with van der Waals surface area (Å²) in [7, 11) is 0. The van der Waals surface area contributed by atoms with Gasteiger partial charge in [-0.3, -0.25) is 14.5 Å². The normalized spacial score (nSPS) is 14.9. The van der Waals surface area contributed by atoms with Crippen molar-refractivity contribution in [1.82, 2.24) is 24.4 Å². The van der Waals surface area contributed by atoms with Gasteiger partial charge < -0.3 is 4.90 Å². The van der Waals surface area contributed by atoms with Crippen molar-refractivity contribution in [3.05, 3.63) is 73.9 Å². The van der Waals surface area contributed by atoms with Gasteiger partial charge in [-0.15, -0.1) is 11.3 Å². The lowest BCUT2D eigenvalue weighted by atomic mass is 10.2. The van der Waals surface area contributed by atoms with Crippen LogP contribution in [0.2, 0.25) is 0 Å². The quantitative estimate of drug-likeness (QED) is 0.415. The number of carbonyl (C=O) groups excluding carboxylic acids is 1. The number of hydrogen-bond acceptors (Lipinski definition) is 7. The second-order valence-electron chi connectivity index (χ2n) is 7.21. The van der Waals surface area contributed by atoms with Gasteiger partial charge in [0.15, 0.2) is 5.01 Å². The highest BCUT2D eigenvalue weighted by atomic mass is 79.9. The largest absolute Gasteiger partial charge is 0.336 e. The molecular formula is C21H18BrN5O2S2. The Balaban J connectivity index is 1.27. The monoisotopic (exact) mass is 515 g/mol. The number of nitrogens with zero attached hydrogens (tertiary/aromatic N) is 5. The molecule has 1 aliphatic heterocycles. The van der Waals surface area contributed by atoms with Crippen LogP contribution in [0.1, 0.15) is 16.1 Å². The molecule has 4 aromatic rings. The molecule has 1 saturated heterocycles. The number of benzene rings is 1. The van der Waals surface area contributed by atoms with E-state index in [2.05, 4.69) is 30.9 Å². The summed E-state index contributed by atoms with van der Waals surface area (Å²) in [6, 6.07) is 13.0. The van der Waals surface area contributed by atoms with Crippen LogP contribution in [-0.2, 0) is 6.54 Å². The van der Waals surface area contributed by atoms with E-state index in [1.807, 2.05) is 46.7 Å². The first-order valence-corrected chi connectivity index (χ1v) is 12.3. The summed E-state index contributed by atoms with van der Waals surface area (Å²) in [5.74, 6) is 0.0377. The third-order valence-corrected chi connectivity index (χ3v) is 7.82. The highest BCUT2D eigenvalue weighted by Gasteiger charge is 2.24. The maximum atomic E-state index is 12.8. The number of aromatic nitrogens is 3. The summed E-state index contributed by atoms with van der Waals surface area (Å²) < 4.78 is 2.18. The molecule has 31 heavy (non-hydrogen) atoms. The molecule has 0 aliphatic carbocycles. The fraction of sp³-hybridized carbons (Fsp3) is 0.238. The molecule has 0 atom stereocenters. The maximum absolute atomic E-state index is 12.8. The topological polar surface area (TPSA) is 70.8 Å². The number of carbonyl (C=O) groups is 1. The van der Waals surface area contributed by atoms with Crippen LogP contribution in [0.15, 0.2) is 57.1 Å². The van der Waals surface area contributed by atoms with E-state index in [4.69, 9.17) is 0 Å². The zero-order valence-corrected chi connectivity index (χ0v) is 19.6. The number of piperazine rings is 1. The molecule has 5 rings (SSSR count). The van der Waals surface area contributed by atoms with Gasteiger partial charge in [0.1, 0.15) is 0 Å².